The van der Waals surface area contributed by atoms with E-state index < -0.39 is 10.1 Å². The van der Waals surface area contributed by atoms with Crippen LogP contribution in [-0.2, 0) is 33.4 Å². The summed E-state index contributed by atoms with van der Waals surface area (Å²) in [6, 6.07) is 7.85. The van der Waals surface area contributed by atoms with Crippen LogP contribution in [0.1, 0.15) is 0 Å². The summed E-state index contributed by atoms with van der Waals surface area (Å²) in [4.78, 5) is 23.7. The third-order valence-electron chi connectivity index (χ3n) is 3.23. The van der Waals surface area contributed by atoms with Crippen LogP contribution in [0.15, 0.2) is 47.4 Å². The number of carbonyl (C=O) groups excluding carboxylic acids is 2. The highest BCUT2D eigenvalue weighted by Crippen LogP contribution is 2.10. The highest BCUT2D eigenvalue weighted by molar-refractivity contribution is 7.86. The van der Waals surface area contributed by atoms with Crippen LogP contribution in [0.25, 0.3) is 0 Å². The number of carbonyl (C=O) groups is 2. The van der Waals surface area contributed by atoms with Crippen LogP contribution < -0.4 is 0 Å². The molecule has 1 aliphatic heterocycles. The highest BCUT2D eigenvalue weighted by Gasteiger charge is 2.22. The average molecular weight is 369 g/mol. The molecule has 0 unspecified atom stereocenters. The van der Waals surface area contributed by atoms with Gasteiger partial charge in [0.25, 0.3) is 21.9 Å². The summed E-state index contributed by atoms with van der Waals surface area (Å²) in [5.41, 5.74) is 0. The fourth-order valence-electron chi connectivity index (χ4n) is 1.99. The van der Waals surface area contributed by atoms with Crippen LogP contribution in [0, 0.1) is 0 Å². The Morgan fingerprint density at radius 3 is 2.00 bits per heavy atom. The topological polar surface area (TPSA) is 99.2 Å². The largest absolute Gasteiger partial charge is 0.377 e. The second-order valence-electron chi connectivity index (χ2n) is 4.98. The molecule has 0 aliphatic carbocycles. The molecule has 1 aromatic carbocycles. The molecule has 8 nitrogen and oxygen atoms in total. The zero-order valence-corrected chi connectivity index (χ0v) is 14.3. The summed E-state index contributed by atoms with van der Waals surface area (Å²) in [5.74, 6) is -0.691. The fraction of sp³-hybridized carbons (Fsp3) is 0.375. The second-order valence-corrected chi connectivity index (χ2v) is 6.59. The van der Waals surface area contributed by atoms with Gasteiger partial charge in [0.2, 0.25) is 0 Å². The molecule has 2 rings (SSSR count). The number of nitrogens with zero attached hydrogens (tertiary/aromatic N) is 1. The van der Waals surface area contributed by atoms with Gasteiger partial charge in [0.15, 0.2) is 0 Å². The molecule has 0 saturated carbocycles. The lowest BCUT2D eigenvalue weighted by Gasteiger charge is -2.13. The number of imide groups is 1. The van der Waals surface area contributed by atoms with E-state index in [-0.39, 0.29) is 56.3 Å². The van der Waals surface area contributed by atoms with Gasteiger partial charge in [-0.05, 0) is 12.1 Å². The minimum Gasteiger partial charge on any atom is -0.377 e. The molecule has 0 atom stereocenters. The Labute approximate surface area is 146 Å². The van der Waals surface area contributed by atoms with Gasteiger partial charge < -0.3 is 9.47 Å². The van der Waals surface area contributed by atoms with Crippen LogP contribution in [0.2, 0.25) is 0 Å². The number of hydrogen-bond acceptors (Lipinski definition) is 7. The number of amides is 2. The Hall–Kier alpha value is -2.07. The summed E-state index contributed by atoms with van der Waals surface area (Å²) in [5, 5.41) is 0. The van der Waals surface area contributed by atoms with Crippen molar-refractivity contribution in [3.63, 3.8) is 0 Å². The molecule has 0 saturated heterocycles. The number of ether oxygens (including phenoxy) is 2. The predicted molar refractivity (Wildman–Crippen MR) is 87.1 cm³/mol. The van der Waals surface area contributed by atoms with Crippen molar-refractivity contribution < 1.29 is 31.7 Å². The van der Waals surface area contributed by atoms with Crippen molar-refractivity contribution in [1.82, 2.24) is 4.90 Å². The first kappa shape index (κ1) is 19.3. The van der Waals surface area contributed by atoms with Gasteiger partial charge in [0.05, 0.1) is 44.5 Å². The highest BCUT2D eigenvalue weighted by atomic mass is 32.2. The van der Waals surface area contributed by atoms with Crippen molar-refractivity contribution >= 4 is 21.9 Å². The molecule has 9 heteroatoms. The van der Waals surface area contributed by atoms with Gasteiger partial charge >= 0.3 is 0 Å². The van der Waals surface area contributed by atoms with Gasteiger partial charge in [0, 0.05) is 12.2 Å². The molecule has 0 fully saturated rings. The quantitative estimate of drug-likeness (QED) is 0.315. The van der Waals surface area contributed by atoms with E-state index in [9.17, 15) is 18.0 Å². The van der Waals surface area contributed by atoms with Gasteiger partial charge in [-0.2, -0.15) is 8.42 Å². The van der Waals surface area contributed by atoms with Crippen LogP contribution in [0.4, 0.5) is 0 Å². The monoisotopic (exact) mass is 369 g/mol. The molecule has 136 valence electrons. The van der Waals surface area contributed by atoms with E-state index in [1.807, 2.05) is 0 Å². The Morgan fingerprint density at radius 1 is 0.800 bits per heavy atom. The van der Waals surface area contributed by atoms with Crippen molar-refractivity contribution in [3.8, 4) is 0 Å². The third-order valence-corrected chi connectivity index (χ3v) is 4.56. The Bertz CT molecular complexity index is 697. The number of benzene rings is 1. The molecular formula is C16H19NO7S. The summed E-state index contributed by atoms with van der Waals surface area (Å²) in [6.45, 7) is 0.899. The van der Waals surface area contributed by atoms with Crippen molar-refractivity contribution in [2.24, 2.45) is 0 Å². The molecular weight excluding hydrogens is 350 g/mol. The Kier molecular flexibility index (Phi) is 7.26. The van der Waals surface area contributed by atoms with E-state index in [2.05, 4.69) is 0 Å². The average Bonchev–Trinajstić information content (AvgIpc) is 2.92. The Morgan fingerprint density at radius 2 is 1.36 bits per heavy atom. The van der Waals surface area contributed by atoms with E-state index in [0.29, 0.717) is 0 Å². The van der Waals surface area contributed by atoms with E-state index in [0.717, 1.165) is 4.90 Å². The van der Waals surface area contributed by atoms with Crippen LogP contribution in [-0.4, -0.2) is 64.7 Å². The van der Waals surface area contributed by atoms with Gasteiger partial charge in [-0.1, -0.05) is 18.2 Å². The van der Waals surface area contributed by atoms with Crippen molar-refractivity contribution in [2.75, 3.05) is 39.6 Å². The zero-order valence-electron chi connectivity index (χ0n) is 13.5. The van der Waals surface area contributed by atoms with Crippen molar-refractivity contribution in [2.45, 2.75) is 4.90 Å². The smallest absolute Gasteiger partial charge is 0.297 e. The molecule has 1 aliphatic rings. The van der Waals surface area contributed by atoms with E-state index in [1.165, 1.54) is 24.3 Å². The third kappa shape index (κ3) is 6.05. The van der Waals surface area contributed by atoms with Crippen LogP contribution >= 0.6 is 0 Å². The first-order valence-corrected chi connectivity index (χ1v) is 9.05. The van der Waals surface area contributed by atoms with Gasteiger partial charge in [-0.25, -0.2) is 0 Å². The molecule has 1 heterocycles. The van der Waals surface area contributed by atoms with E-state index >= 15 is 0 Å². The lowest BCUT2D eigenvalue weighted by Crippen LogP contribution is -2.33. The molecule has 25 heavy (non-hydrogen) atoms. The molecule has 0 radical (unpaired) electrons. The minimum absolute atomic E-state index is 0.0961. The van der Waals surface area contributed by atoms with Crippen LogP contribution in [0.5, 0.6) is 0 Å². The lowest BCUT2D eigenvalue weighted by atomic mass is 10.4. The van der Waals surface area contributed by atoms with E-state index in [4.69, 9.17) is 13.7 Å². The summed E-state index contributed by atoms with van der Waals surface area (Å²) in [6.07, 6.45) is 2.43. The summed E-state index contributed by atoms with van der Waals surface area (Å²) < 4.78 is 38.9. The van der Waals surface area contributed by atoms with E-state index in [1.54, 1.807) is 18.2 Å². The van der Waals surface area contributed by atoms with Gasteiger partial charge in [-0.15, -0.1) is 0 Å². The van der Waals surface area contributed by atoms with Gasteiger partial charge in [-0.3, -0.25) is 18.7 Å². The maximum absolute atomic E-state index is 11.8. The molecule has 1 aromatic rings. The first-order valence-electron chi connectivity index (χ1n) is 7.64. The predicted octanol–water partition coefficient (Wildman–Crippen LogP) is 0.350. The Balaban J connectivity index is 1.50. The van der Waals surface area contributed by atoms with Crippen molar-refractivity contribution in [1.29, 1.82) is 0 Å². The second kappa shape index (κ2) is 9.42. The fourth-order valence-corrected chi connectivity index (χ4v) is 2.90. The molecule has 0 aromatic heterocycles. The lowest BCUT2D eigenvalue weighted by molar-refractivity contribution is -0.137. The standard InChI is InChI=1S/C16H19NO7S/c18-15-6-7-16(19)17(15)8-9-22-10-11-23-12-13-24-25(20,21)14-4-2-1-3-5-14/h1-7H,8-13H2. The number of rotatable bonds is 11. The first-order chi connectivity index (χ1) is 12.0. The van der Waals surface area contributed by atoms with Gasteiger partial charge in [0.1, 0.15) is 0 Å². The molecule has 2 amide bonds. The summed E-state index contributed by atoms with van der Waals surface area (Å²) >= 11 is 0. The SMILES string of the molecule is O=C1C=CC(=O)N1CCOCCOCCOS(=O)(=O)c1ccccc1. The molecule has 0 spiro atoms. The van der Waals surface area contributed by atoms with Crippen molar-refractivity contribution in [3.05, 3.63) is 42.5 Å². The number of hydrogen-bond donors (Lipinski definition) is 0. The molecule has 0 N–H and O–H groups in total. The normalized spacial score (nSPS) is 14.5. The zero-order chi connectivity index (χ0) is 18.1. The summed E-state index contributed by atoms with van der Waals surface area (Å²) in [7, 11) is -3.77. The van der Waals surface area contributed by atoms with Crippen LogP contribution in [0.3, 0.4) is 0 Å². The molecule has 0 bridgehead atoms. The maximum Gasteiger partial charge on any atom is 0.297 e. The maximum atomic E-state index is 11.8. The minimum atomic E-state index is -3.77.